The molecule has 7 heteroatoms. The summed E-state index contributed by atoms with van der Waals surface area (Å²) in [5.41, 5.74) is 5.74. The van der Waals surface area contributed by atoms with E-state index in [0.29, 0.717) is 61.3 Å². The van der Waals surface area contributed by atoms with Gasteiger partial charge in [-0.05, 0) is 105 Å². The number of amides is 2. The van der Waals surface area contributed by atoms with Gasteiger partial charge < -0.3 is 15.4 Å². The molecule has 1 aromatic carbocycles. The van der Waals surface area contributed by atoms with Crippen LogP contribution in [-0.4, -0.2) is 66.4 Å². The topological polar surface area (TPSA) is 87.7 Å². The van der Waals surface area contributed by atoms with Crippen LogP contribution in [0.25, 0.3) is 0 Å². The number of piperidine rings is 1. The normalized spacial score (nSPS) is 37.9. The highest BCUT2D eigenvalue weighted by Gasteiger charge is 2.61. The van der Waals surface area contributed by atoms with Crippen LogP contribution >= 0.6 is 0 Å². The molecule has 2 heterocycles. The standard InChI is InChI=1S/C40H55N3O4/c1-25-20-35-38(43(24-25)19-18-41-37(46)23-42-36(45)13-10-28-8-6-5-7-9-28)27(3)40(47-35)17-15-31-32-12-11-29-21-30(44)14-16-39(29,4)34(32)22-33(31)26(40)2/h5-9,21,25,27,31-32,34-35,38H,10-20,22-24H2,1-4H3,(H,41,46)(H,42,45)/t25-,27+,31-,32-,34-,35+,38-,39-,40-/m0/s1. The van der Waals surface area contributed by atoms with E-state index in [9.17, 15) is 14.4 Å². The molecule has 0 unspecified atom stereocenters. The van der Waals surface area contributed by atoms with Crippen molar-refractivity contribution >= 4 is 17.6 Å². The van der Waals surface area contributed by atoms with Crippen LogP contribution in [0.5, 0.6) is 0 Å². The number of allylic oxidation sites excluding steroid dienone is 3. The van der Waals surface area contributed by atoms with Crippen molar-refractivity contribution in [3.63, 3.8) is 0 Å². The van der Waals surface area contributed by atoms with E-state index in [4.69, 9.17) is 4.74 Å². The van der Waals surface area contributed by atoms with E-state index in [2.05, 4.69) is 43.2 Å². The van der Waals surface area contributed by atoms with Crippen molar-refractivity contribution in [2.75, 3.05) is 26.2 Å². The number of rotatable bonds is 8. The van der Waals surface area contributed by atoms with Gasteiger partial charge in [0.1, 0.15) is 0 Å². The number of likely N-dealkylation sites (tertiary alicyclic amines) is 1. The number of fused-ring (bicyclic) bond motifs is 6. The molecule has 2 saturated heterocycles. The number of nitrogens with zero attached hydrogens (tertiary/aromatic N) is 1. The molecule has 6 aliphatic rings. The Morgan fingerprint density at radius 3 is 2.66 bits per heavy atom. The zero-order valence-corrected chi connectivity index (χ0v) is 29.0. The molecule has 0 bridgehead atoms. The van der Waals surface area contributed by atoms with Crippen LogP contribution in [-0.2, 0) is 25.5 Å². The maximum absolute atomic E-state index is 12.6. The number of carbonyl (C=O) groups is 3. The van der Waals surface area contributed by atoms with E-state index in [0.717, 1.165) is 50.3 Å². The van der Waals surface area contributed by atoms with Crippen LogP contribution < -0.4 is 10.6 Å². The first-order valence-electron chi connectivity index (χ1n) is 18.5. The Kier molecular flexibility index (Phi) is 9.01. The summed E-state index contributed by atoms with van der Waals surface area (Å²) in [4.78, 5) is 39.9. The summed E-state index contributed by atoms with van der Waals surface area (Å²) in [6, 6.07) is 10.3. The van der Waals surface area contributed by atoms with E-state index in [-0.39, 0.29) is 35.5 Å². The van der Waals surface area contributed by atoms with Gasteiger partial charge in [-0.15, -0.1) is 0 Å². The number of ether oxygens (including phenoxy) is 1. The first kappa shape index (κ1) is 32.8. The quantitative estimate of drug-likeness (QED) is 0.351. The van der Waals surface area contributed by atoms with Gasteiger partial charge in [0, 0.05) is 44.4 Å². The third-order valence-corrected chi connectivity index (χ3v) is 13.6. The molecule has 2 saturated carbocycles. The highest BCUT2D eigenvalue weighted by Crippen LogP contribution is 2.65. The molecule has 1 spiro atoms. The van der Waals surface area contributed by atoms with Gasteiger partial charge in [0.15, 0.2) is 5.78 Å². The largest absolute Gasteiger partial charge is 0.365 e. The number of carbonyl (C=O) groups excluding carboxylic acids is 3. The number of benzene rings is 1. The van der Waals surface area contributed by atoms with Crippen LogP contribution in [0.15, 0.2) is 53.1 Å². The predicted molar refractivity (Wildman–Crippen MR) is 183 cm³/mol. The van der Waals surface area contributed by atoms with Crippen LogP contribution in [0.4, 0.5) is 0 Å². The first-order chi connectivity index (χ1) is 22.6. The maximum atomic E-state index is 12.6. The summed E-state index contributed by atoms with van der Waals surface area (Å²) in [5, 5.41) is 5.85. The Morgan fingerprint density at radius 2 is 1.85 bits per heavy atom. The molecule has 0 radical (unpaired) electrons. The molecule has 47 heavy (non-hydrogen) atoms. The molecule has 2 N–H and O–H groups in total. The third-order valence-electron chi connectivity index (χ3n) is 13.6. The van der Waals surface area contributed by atoms with E-state index in [1.807, 2.05) is 36.4 Å². The van der Waals surface area contributed by atoms with Crippen molar-refractivity contribution in [1.29, 1.82) is 0 Å². The molecule has 2 amide bonds. The summed E-state index contributed by atoms with van der Waals surface area (Å²) < 4.78 is 7.28. The minimum absolute atomic E-state index is 0.0151. The number of ketones is 1. The minimum atomic E-state index is -0.202. The fraction of sp³-hybridized carbons (Fsp3) is 0.675. The van der Waals surface area contributed by atoms with Gasteiger partial charge in [0.25, 0.3) is 0 Å². The second kappa shape index (κ2) is 12.9. The second-order valence-corrected chi connectivity index (χ2v) is 16.1. The van der Waals surface area contributed by atoms with Gasteiger partial charge in [-0.2, -0.15) is 0 Å². The lowest BCUT2D eigenvalue weighted by molar-refractivity contribution is -0.126. The van der Waals surface area contributed by atoms with Crippen molar-refractivity contribution in [2.45, 2.75) is 110 Å². The molecule has 9 atom stereocenters. The third kappa shape index (κ3) is 5.94. The van der Waals surface area contributed by atoms with Crippen LogP contribution in [0, 0.1) is 35.0 Å². The first-order valence-corrected chi connectivity index (χ1v) is 18.5. The number of aryl methyl sites for hydroxylation is 1. The smallest absolute Gasteiger partial charge is 0.239 e. The Bertz CT molecular complexity index is 1450. The second-order valence-electron chi connectivity index (χ2n) is 16.1. The predicted octanol–water partition coefficient (Wildman–Crippen LogP) is 5.79. The molecule has 2 aliphatic heterocycles. The summed E-state index contributed by atoms with van der Waals surface area (Å²) in [7, 11) is 0. The molecule has 254 valence electrons. The Labute approximate surface area is 281 Å². The van der Waals surface area contributed by atoms with Crippen LogP contribution in [0.1, 0.15) is 91.0 Å². The highest BCUT2D eigenvalue weighted by molar-refractivity contribution is 5.91. The van der Waals surface area contributed by atoms with Crippen LogP contribution in [0.3, 0.4) is 0 Å². The molecule has 4 fully saturated rings. The fourth-order valence-electron chi connectivity index (χ4n) is 11.2. The molecular formula is C40H55N3O4. The van der Waals surface area contributed by atoms with E-state index in [1.165, 1.54) is 30.4 Å². The Balaban J connectivity index is 0.978. The van der Waals surface area contributed by atoms with Gasteiger partial charge in [-0.3, -0.25) is 19.3 Å². The SMILES string of the molecule is CC1=C2C[C@H]3[C@@H](CCC4=CC(=O)CC[C@@]43C)[C@@H]2CC[C@]12O[C@@H]1C[C@H](C)CN(CCNC(=O)CNC(=O)CCc3ccccc3)[C@H]1[C@H]2C. The maximum Gasteiger partial charge on any atom is 0.239 e. The van der Waals surface area contributed by atoms with Crippen molar-refractivity contribution in [1.82, 2.24) is 15.5 Å². The molecule has 4 aliphatic carbocycles. The summed E-state index contributed by atoms with van der Waals surface area (Å²) in [6.45, 7) is 12.0. The summed E-state index contributed by atoms with van der Waals surface area (Å²) >= 11 is 0. The molecule has 7 nitrogen and oxygen atoms in total. The minimum Gasteiger partial charge on any atom is -0.365 e. The van der Waals surface area contributed by atoms with E-state index < -0.39 is 0 Å². The van der Waals surface area contributed by atoms with Gasteiger partial charge >= 0.3 is 0 Å². The molecular weight excluding hydrogens is 586 g/mol. The van der Waals surface area contributed by atoms with Gasteiger partial charge in [0.2, 0.25) is 11.8 Å². The average Bonchev–Trinajstić information content (AvgIpc) is 3.58. The number of hydrogen-bond donors (Lipinski definition) is 2. The van der Waals surface area contributed by atoms with Crippen molar-refractivity contribution in [2.24, 2.45) is 35.0 Å². The Morgan fingerprint density at radius 1 is 1.04 bits per heavy atom. The van der Waals surface area contributed by atoms with Crippen molar-refractivity contribution in [3.05, 3.63) is 58.7 Å². The lowest BCUT2D eigenvalue weighted by atomic mass is 9.56. The lowest BCUT2D eigenvalue weighted by Gasteiger charge is -2.48. The average molecular weight is 642 g/mol. The van der Waals surface area contributed by atoms with Gasteiger partial charge in [-0.1, -0.05) is 62.2 Å². The zero-order chi connectivity index (χ0) is 32.9. The number of nitrogens with one attached hydrogen (secondary N) is 2. The zero-order valence-electron chi connectivity index (χ0n) is 29.0. The highest BCUT2D eigenvalue weighted by atomic mass is 16.5. The van der Waals surface area contributed by atoms with Crippen molar-refractivity contribution in [3.8, 4) is 0 Å². The van der Waals surface area contributed by atoms with Gasteiger partial charge in [0.05, 0.1) is 18.2 Å². The van der Waals surface area contributed by atoms with E-state index in [1.54, 1.807) is 5.57 Å². The van der Waals surface area contributed by atoms with Crippen LogP contribution in [0.2, 0.25) is 0 Å². The fourth-order valence-corrected chi connectivity index (χ4v) is 11.2. The molecule has 1 aromatic rings. The molecule has 0 aromatic heterocycles. The van der Waals surface area contributed by atoms with E-state index >= 15 is 0 Å². The lowest BCUT2D eigenvalue weighted by Crippen LogP contribution is -2.54. The molecule has 7 rings (SSSR count). The summed E-state index contributed by atoms with van der Waals surface area (Å²) in [6.07, 6.45) is 11.9. The monoisotopic (exact) mass is 641 g/mol. The van der Waals surface area contributed by atoms with Crippen molar-refractivity contribution < 1.29 is 19.1 Å². The van der Waals surface area contributed by atoms with Gasteiger partial charge in [-0.25, -0.2) is 0 Å². The number of hydrogen-bond acceptors (Lipinski definition) is 5. The Hall–Kier alpha value is -2.77. The summed E-state index contributed by atoms with van der Waals surface area (Å²) in [5.74, 6) is 3.07.